The Kier molecular flexibility index (Phi) is 4.81. The summed E-state index contributed by atoms with van der Waals surface area (Å²) in [6, 6.07) is 11.0. The Labute approximate surface area is 145 Å². The molecule has 1 aromatic carbocycles. The number of amides is 2. The second-order valence-corrected chi connectivity index (χ2v) is 6.28. The molecule has 0 unspecified atom stereocenters. The monoisotopic (exact) mass is 343 g/mol. The smallest absolute Gasteiger partial charge is 0.227 e. The lowest BCUT2D eigenvalue weighted by Gasteiger charge is -2.17. The number of rotatable bonds is 4. The largest absolute Gasteiger partial charge is 0.350 e. The maximum absolute atomic E-state index is 12.3. The minimum absolute atomic E-state index is 0.0621. The van der Waals surface area contributed by atoms with Crippen molar-refractivity contribution in [2.75, 3.05) is 11.4 Å². The molecule has 6 heteroatoms. The highest BCUT2D eigenvalue weighted by molar-refractivity contribution is 6.31. The highest BCUT2D eigenvalue weighted by Gasteiger charge is 2.35. The molecule has 0 bridgehead atoms. The van der Waals surface area contributed by atoms with E-state index >= 15 is 0 Å². The Bertz CT molecular complexity index is 764. The van der Waals surface area contributed by atoms with Gasteiger partial charge in [-0.15, -0.1) is 0 Å². The standard InChI is InChI=1S/C18H18ClN3O2/c1-12-5-6-15(9-16(12)19)22-11-13(8-17(22)23)18(24)21-10-14-4-2-3-7-20-14/h2-7,9,13H,8,10-11H2,1H3,(H,21,24)/t13-/m0/s1. The topological polar surface area (TPSA) is 62.3 Å². The summed E-state index contributed by atoms with van der Waals surface area (Å²) in [5.74, 6) is -0.552. The van der Waals surface area contributed by atoms with E-state index in [0.29, 0.717) is 18.1 Å². The molecule has 2 heterocycles. The number of aromatic nitrogens is 1. The maximum Gasteiger partial charge on any atom is 0.227 e. The third-order valence-electron chi connectivity index (χ3n) is 4.13. The molecule has 124 valence electrons. The third-order valence-corrected chi connectivity index (χ3v) is 4.54. The van der Waals surface area contributed by atoms with Gasteiger partial charge in [-0.1, -0.05) is 23.7 Å². The molecule has 1 fully saturated rings. The molecule has 2 amide bonds. The van der Waals surface area contributed by atoms with Crippen molar-refractivity contribution in [1.29, 1.82) is 0 Å². The van der Waals surface area contributed by atoms with Gasteiger partial charge in [-0.3, -0.25) is 14.6 Å². The van der Waals surface area contributed by atoms with Crippen molar-refractivity contribution in [3.63, 3.8) is 0 Å². The summed E-state index contributed by atoms with van der Waals surface area (Å²) in [5.41, 5.74) is 2.48. The summed E-state index contributed by atoms with van der Waals surface area (Å²) in [7, 11) is 0. The average Bonchev–Trinajstić information content (AvgIpc) is 2.98. The zero-order valence-electron chi connectivity index (χ0n) is 13.3. The molecule has 2 aromatic rings. The lowest BCUT2D eigenvalue weighted by atomic mass is 10.1. The van der Waals surface area contributed by atoms with E-state index in [1.807, 2.05) is 37.3 Å². The zero-order chi connectivity index (χ0) is 17.1. The molecule has 0 spiro atoms. The van der Waals surface area contributed by atoms with Gasteiger partial charge in [0, 0.05) is 29.9 Å². The number of nitrogens with zero attached hydrogens (tertiary/aromatic N) is 2. The summed E-state index contributed by atoms with van der Waals surface area (Å²) < 4.78 is 0. The minimum atomic E-state index is -0.360. The molecule has 1 aliphatic rings. The highest BCUT2D eigenvalue weighted by atomic mass is 35.5. The first kappa shape index (κ1) is 16.5. The van der Waals surface area contributed by atoms with Crippen LogP contribution in [0.5, 0.6) is 0 Å². The van der Waals surface area contributed by atoms with Crippen LogP contribution in [0.2, 0.25) is 5.02 Å². The van der Waals surface area contributed by atoms with Gasteiger partial charge in [-0.25, -0.2) is 0 Å². The van der Waals surface area contributed by atoms with Gasteiger partial charge < -0.3 is 10.2 Å². The van der Waals surface area contributed by atoms with E-state index < -0.39 is 0 Å². The van der Waals surface area contributed by atoms with E-state index in [4.69, 9.17) is 11.6 Å². The van der Waals surface area contributed by atoms with Gasteiger partial charge in [0.25, 0.3) is 0 Å². The van der Waals surface area contributed by atoms with Crippen LogP contribution < -0.4 is 10.2 Å². The lowest BCUT2D eigenvalue weighted by Crippen LogP contribution is -2.32. The van der Waals surface area contributed by atoms with Crippen LogP contribution in [0.3, 0.4) is 0 Å². The van der Waals surface area contributed by atoms with Crippen LogP contribution in [0, 0.1) is 12.8 Å². The molecule has 3 rings (SSSR count). The second-order valence-electron chi connectivity index (χ2n) is 5.88. The van der Waals surface area contributed by atoms with Crippen molar-refractivity contribution < 1.29 is 9.59 Å². The van der Waals surface area contributed by atoms with Crippen molar-refractivity contribution in [3.05, 3.63) is 58.9 Å². The fourth-order valence-electron chi connectivity index (χ4n) is 2.71. The Morgan fingerprint density at radius 1 is 1.38 bits per heavy atom. The molecule has 1 aliphatic heterocycles. The van der Waals surface area contributed by atoms with E-state index in [9.17, 15) is 9.59 Å². The molecule has 0 saturated carbocycles. The number of carbonyl (C=O) groups is 2. The number of carbonyl (C=O) groups excluding carboxylic acids is 2. The third kappa shape index (κ3) is 3.57. The van der Waals surface area contributed by atoms with E-state index in [0.717, 1.165) is 16.9 Å². The molecule has 0 aliphatic carbocycles. The lowest BCUT2D eigenvalue weighted by molar-refractivity contribution is -0.126. The van der Waals surface area contributed by atoms with Crippen LogP contribution in [0.15, 0.2) is 42.6 Å². The van der Waals surface area contributed by atoms with Gasteiger partial charge in [0.1, 0.15) is 0 Å². The second kappa shape index (κ2) is 7.01. The SMILES string of the molecule is Cc1ccc(N2C[C@@H](C(=O)NCc3ccccn3)CC2=O)cc1Cl. The Balaban J connectivity index is 1.63. The van der Waals surface area contributed by atoms with Crippen LogP contribution in [-0.4, -0.2) is 23.3 Å². The fourth-order valence-corrected chi connectivity index (χ4v) is 2.88. The van der Waals surface area contributed by atoms with Gasteiger partial charge >= 0.3 is 0 Å². The Morgan fingerprint density at radius 3 is 2.92 bits per heavy atom. The number of hydrogen-bond donors (Lipinski definition) is 1. The summed E-state index contributed by atoms with van der Waals surface area (Å²) in [5, 5.41) is 3.46. The van der Waals surface area contributed by atoms with E-state index in [-0.39, 0.29) is 24.2 Å². The molecular weight excluding hydrogens is 326 g/mol. The van der Waals surface area contributed by atoms with Crippen molar-refractivity contribution in [2.24, 2.45) is 5.92 Å². The molecule has 1 N–H and O–H groups in total. The summed E-state index contributed by atoms with van der Waals surface area (Å²) in [6.45, 7) is 2.64. The maximum atomic E-state index is 12.3. The van der Waals surface area contributed by atoms with Gasteiger partial charge in [0.15, 0.2) is 0 Å². The molecule has 0 radical (unpaired) electrons. The number of nitrogens with one attached hydrogen (secondary N) is 1. The molecule has 5 nitrogen and oxygen atoms in total. The predicted octanol–water partition coefficient (Wildman–Crippen LogP) is 2.71. The Morgan fingerprint density at radius 2 is 2.21 bits per heavy atom. The van der Waals surface area contributed by atoms with Crippen molar-refractivity contribution in [3.8, 4) is 0 Å². The number of benzene rings is 1. The summed E-state index contributed by atoms with van der Waals surface area (Å²) in [6.07, 6.45) is 1.89. The van der Waals surface area contributed by atoms with Crippen LogP contribution in [-0.2, 0) is 16.1 Å². The number of halogens is 1. The van der Waals surface area contributed by atoms with E-state index in [1.54, 1.807) is 17.2 Å². The average molecular weight is 344 g/mol. The minimum Gasteiger partial charge on any atom is -0.350 e. The highest BCUT2D eigenvalue weighted by Crippen LogP contribution is 2.28. The van der Waals surface area contributed by atoms with Crippen LogP contribution >= 0.6 is 11.6 Å². The molecule has 24 heavy (non-hydrogen) atoms. The number of hydrogen-bond acceptors (Lipinski definition) is 3. The molecule has 1 saturated heterocycles. The normalized spacial score (nSPS) is 17.2. The summed E-state index contributed by atoms with van der Waals surface area (Å²) >= 11 is 6.13. The van der Waals surface area contributed by atoms with E-state index in [1.165, 1.54) is 0 Å². The number of anilines is 1. The van der Waals surface area contributed by atoms with Gasteiger partial charge in [0.05, 0.1) is 18.2 Å². The predicted molar refractivity (Wildman–Crippen MR) is 92.7 cm³/mol. The van der Waals surface area contributed by atoms with Gasteiger partial charge in [0.2, 0.25) is 11.8 Å². The molecular formula is C18H18ClN3O2. The van der Waals surface area contributed by atoms with Crippen molar-refractivity contribution in [2.45, 2.75) is 19.9 Å². The van der Waals surface area contributed by atoms with Crippen LogP contribution in [0.1, 0.15) is 17.7 Å². The van der Waals surface area contributed by atoms with Crippen LogP contribution in [0.4, 0.5) is 5.69 Å². The quantitative estimate of drug-likeness (QED) is 0.928. The zero-order valence-corrected chi connectivity index (χ0v) is 14.1. The fraction of sp³-hybridized carbons (Fsp3) is 0.278. The van der Waals surface area contributed by atoms with Crippen LogP contribution in [0.25, 0.3) is 0 Å². The number of aryl methyl sites for hydroxylation is 1. The van der Waals surface area contributed by atoms with Crippen molar-refractivity contribution >= 4 is 29.1 Å². The number of pyridine rings is 1. The first-order chi connectivity index (χ1) is 11.5. The Hall–Kier alpha value is -2.40. The molecule has 1 atom stereocenters. The van der Waals surface area contributed by atoms with E-state index in [2.05, 4.69) is 10.3 Å². The summed E-state index contributed by atoms with van der Waals surface area (Å²) in [4.78, 5) is 30.4. The first-order valence-electron chi connectivity index (χ1n) is 7.79. The first-order valence-corrected chi connectivity index (χ1v) is 8.16. The van der Waals surface area contributed by atoms with Gasteiger partial charge in [-0.05, 0) is 36.8 Å². The van der Waals surface area contributed by atoms with Crippen molar-refractivity contribution in [1.82, 2.24) is 10.3 Å². The molecule has 1 aromatic heterocycles. The van der Waals surface area contributed by atoms with Gasteiger partial charge in [-0.2, -0.15) is 0 Å².